The molecular weight excluding hydrogens is 315 g/mol. The van der Waals surface area contributed by atoms with E-state index >= 15 is 0 Å². The third kappa shape index (κ3) is 3.44. The van der Waals surface area contributed by atoms with Gasteiger partial charge < -0.3 is 14.9 Å². The third-order valence-corrected chi connectivity index (χ3v) is 4.75. The van der Waals surface area contributed by atoms with Crippen molar-refractivity contribution in [2.75, 3.05) is 7.11 Å². The van der Waals surface area contributed by atoms with Crippen LogP contribution in [-0.2, 0) is 4.79 Å². The van der Waals surface area contributed by atoms with E-state index < -0.39 is 18.0 Å². The van der Waals surface area contributed by atoms with Gasteiger partial charge in [-0.1, -0.05) is 36.0 Å². The van der Waals surface area contributed by atoms with Crippen LogP contribution in [0.4, 0.5) is 0 Å². The number of hydrogen-bond acceptors (Lipinski definition) is 3. The molecular formula is C15H18Cl2O4. The molecule has 21 heavy (non-hydrogen) atoms. The predicted octanol–water partition coefficient (Wildman–Crippen LogP) is 3.93. The summed E-state index contributed by atoms with van der Waals surface area (Å²) in [6.07, 6.45) is 2.09. The lowest BCUT2D eigenvalue weighted by Gasteiger charge is -2.32. The summed E-state index contributed by atoms with van der Waals surface area (Å²) in [4.78, 5) is 11.4. The Hall–Kier alpha value is -0.970. The molecule has 0 spiro atoms. The molecule has 1 saturated carbocycles. The van der Waals surface area contributed by atoms with E-state index in [9.17, 15) is 15.0 Å². The normalized spacial score (nSPS) is 23.6. The number of rotatable bonds is 4. The van der Waals surface area contributed by atoms with Crippen LogP contribution in [0, 0.1) is 11.8 Å². The lowest BCUT2D eigenvalue weighted by molar-refractivity contribution is -0.147. The lowest BCUT2D eigenvalue weighted by Crippen LogP contribution is -2.31. The predicted molar refractivity (Wildman–Crippen MR) is 81.1 cm³/mol. The van der Waals surface area contributed by atoms with Crippen LogP contribution in [0.1, 0.15) is 37.4 Å². The molecule has 0 saturated heterocycles. The highest BCUT2D eigenvalue weighted by Crippen LogP contribution is 2.42. The van der Waals surface area contributed by atoms with Crippen LogP contribution < -0.4 is 4.74 Å². The number of aliphatic hydroxyl groups excluding tert-OH is 1. The number of carbonyl (C=O) groups is 1. The van der Waals surface area contributed by atoms with Gasteiger partial charge in [0.05, 0.1) is 29.2 Å². The fourth-order valence-corrected chi connectivity index (χ4v) is 3.52. The van der Waals surface area contributed by atoms with Crippen molar-refractivity contribution < 1.29 is 19.7 Å². The summed E-state index contributed by atoms with van der Waals surface area (Å²) in [6.45, 7) is 0. The third-order valence-electron chi connectivity index (χ3n) is 4.13. The second-order valence-corrected chi connectivity index (χ2v) is 6.16. The highest BCUT2D eigenvalue weighted by Gasteiger charge is 2.37. The molecule has 1 aliphatic carbocycles. The van der Waals surface area contributed by atoms with Crippen LogP contribution in [0.2, 0.25) is 10.0 Å². The Morgan fingerprint density at radius 1 is 1.29 bits per heavy atom. The number of ether oxygens (including phenoxy) is 1. The Kier molecular flexibility index (Phi) is 5.36. The Morgan fingerprint density at radius 2 is 1.95 bits per heavy atom. The summed E-state index contributed by atoms with van der Waals surface area (Å²) < 4.78 is 5.07. The molecule has 0 bridgehead atoms. The fraction of sp³-hybridized carbons (Fsp3) is 0.533. The van der Waals surface area contributed by atoms with Crippen molar-refractivity contribution >= 4 is 29.2 Å². The van der Waals surface area contributed by atoms with Gasteiger partial charge in [0.25, 0.3) is 0 Å². The Bertz CT molecular complexity index is 533. The number of aliphatic hydroxyl groups is 1. The molecule has 116 valence electrons. The van der Waals surface area contributed by atoms with E-state index in [-0.39, 0.29) is 5.92 Å². The summed E-state index contributed by atoms with van der Waals surface area (Å²) in [6, 6.07) is 3.10. The number of hydrogen-bond donors (Lipinski definition) is 2. The zero-order valence-electron chi connectivity index (χ0n) is 11.7. The molecule has 4 nitrogen and oxygen atoms in total. The number of methoxy groups -OCH3 is 1. The first kappa shape index (κ1) is 16.4. The van der Waals surface area contributed by atoms with Gasteiger partial charge in [-0.15, -0.1) is 0 Å². The molecule has 6 heteroatoms. The van der Waals surface area contributed by atoms with E-state index in [4.69, 9.17) is 27.9 Å². The number of benzene rings is 1. The molecule has 1 fully saturated rings. The number of carboxylic acid groups (broad SMARTS) is 1. The lowest BCUT2D eigenvalue weighted by atomic mass is 9.74. The first-order valence-corrected chi connectivity index (χ1v) is 7.65. The number of halogens is 2. The van der Waals surface area contributed by atoms with Crippen LogP contribution >= 0.6 is 23.2 Å². The average Bonchev–Trinajstić information content (AvgIpc) is 2.48. The molecule has 0 aromatic heterocycles. The quantitative estimate of drug-likeness (QED) is 0.876. The van der Waals surface area contributed by atoms with Crippen molar-refractivity contribution in [3.63, 3.8) is 0 Å². The van der Waals surface area contributed by atoms with Crippen LogP contribution in [0.5, 0.6) is 5.75 Å². The molecule has 0 heterocycles. The molecule has 3 unspecified atom stereocenters. The molecule has 0 amide bonds. The van der Waals surface area contributed by atoms with Gasteiger partial charge in [0, 0.05) is 17.5 Å². The zero-order valence-corrected chi connectivity index (χ0v) is 13.2. The van der Waals surface area contributed by atoms with Crippen molar-refractivity contribution in [3.05, 3.63) is 27.7 Å². The van der Waals surface area contributed by atoms with E-state index in [1.807, 2.05) is 0 Å². The smallest absolute Gasteiger partial charge is 0.306 e. The average molecular weight is 333 g/mol. The van der Waals surface area contributed by atoms with E-state index in [0.717, 1.165) is 12.8 Å². The van der Waals surface area contributed by atoms with Gasteiger partial charge in [0.1, 0.15) is 5.75 Å². The number of aliphatic carboxylic acids is 1. The maximum absolute atomic E-state index is 11.4. The van der Waals surface area contributed by atoms with Crippen LogP contribution in [0.15, 0.2) is 12.1 Å². The van der Waals surface area contributed by atoms with Gasteiger partial charge in [-0.3, -0.25) is 4.79 Å². The molecule has 3 atom stereocenters. The van der Waals surface area contributed by atoms with E-state index in [2.05, 4.69) is 0 Å². The molecule has 2 rings (SSSR count). The zero-order chi connectivity index (χ0) is 15.6. The van der Waals surface area contributed by atoms with Crippen LogP contribution in [0.3, 0.4) is 0 Å². The molecule has 2 N–H and O–H groups in total. The summed E-state index contributed by atoms with van der Waals surface area (Å²) in [5, 5.41) is 20.6. The molecule has 1 aliphatic rings. The standard InChI is InChI=1S/C15H18Cl2O4/c1-21-13-7-11(16)10(6-12(13)17)14(18)8-4-2-3-5-9(8)15(19)20/h6-9,14,18H,2-5H2,1H3,(H,19,20). The minimum Gasteiger partial charge on any atom is -0.495 e. The van der Waals surface area contributed by atoms with Crippen LogP contribution in [0.25, 0.3) is 0 Å². The van der Waals surface area contributed by atoms with E-state index in [1.165, 1.54) is 7.11 Å². The minimum absolute atomic E-state index is 0.332. The first-order chi connectivity index (χ1) is 9.95. The van der Waals surface area contributed by atoms with Crippen molar-refractivity contribution in [1.82, 2.24) is 0 Å². The van der Waals surface area contributed by atoms with Crippen molar-refractivity contribution in [2.45, 2.75) is 31.8 Å². The Morgan fingerprint density at radius 3 is 2.57 bits per heavy atom. The SMILES string of the molecule is COc1cc(Cl)c(C(O)C2CCCCC2C(=O)O)cc1Cl. The molecule has 1 aromatic carbocycles. The summed E-state index contributed by atoms with van der Waals surface area (Å²) in [7, 11) is 1.48. The molecule has 0 aliphatic heterocycles. The molecule has 1 aromatic rings. The maximum Gasteiger partial charge on any atom is 0.306 e. The summed E-state index contributed by atoms with van der Waals surface area (Å²) in [5.74, 6) is -1.34. The van der Waals surface area contributed by atoms with Crippen molar-refractivity contribution in [1.29, 1.82) is 0 Å². The van der Waals surface area contributed by atoms with E-state index in [1.54, 1.807) is 12.1 Å². The van der Waals surface area contributed by atoms with Crippen molar-refractivity contribution in [2.24, 2.45) is 11.8 Å². The molecule has 0 radical (unpaired) electrons. The highest BCUT2D eigenvalue weighted by molar-refractivity contribution is 6.34. The minimum atomic E-state index is -0.942. The van der Waals surface area contributed by atoms with Gasteiger partial charge in [0.2, 0.25) is 0 Å². The number of carboxylic acids is 1. The van der Waals surface area contributed by atoms with E-state index in [0.29, 0.717) is 34.2 Å². The second kappa shape index (κ2) is 6.86. The van der Waals surface area contributed by atoms with Gasteiger partial charge in [-0.2, -0.15) is 0 Å². The maximum atomic E-state index is 11.4. The fourth-order valence-electron chi connectivity index (χ4n) is 3.00. The Labute approximate surface area is 133 Å². The highest BCUT2D eigenvalue weighted by atomic mass is 35.5. The largest absolute Gasteiger partial charge is 0.495 e. The topological polar surface area (TPSA) is 66.8 Å². The first-order valence-electron chi connectivity index (χ1n) is 6.89. The van der Waals surface area contributed by atoms with Crippen molar-refractivity contribution in [3.8, 4) is 5.75 Å². The summed E-state index contributed by atoms with van der Waals surface area (Å²) >= 11 is 12.2. The Balaban J connectivity index is 2.32. The van der Waals surface area contributed by atoms with Gasteiger partial charge in [-0.25, -0.2) is 0 Å². The van der Waals surface area contributed by atoms with Gasteiger partial charge >= 0.3 is 5.97 Å². The monoisotopic (exact) mass is 332 g/mol. The second-order valence-electron chi connectivity index (χ2n) is 5.35. The summed E-state index contributed by atoms with van der Waals surface area (Å²) in [5.41, 5.74) is 0.459. The van der Waals surface area contributed by atoms with Crippen LogP contribution in [-0.4, -0.2) is 23.3 Å². The van der Waals surface area contributed by atoms with Gasteiger partial charge in [-0.05, 0) is 18.9 Å². The van der Waals surface area contributed by atoms with Gasteiger partial charge in [0.15, 0.2) is 0 Å².